The Labute approximate surface area is 165 Å². The van der Waals surface area contributed by atoms with E-state index in [2.05, 4.69) is 15.6 Å². The molecule has 0 saturated carbocycles. The number of hydrogen-bond acceptors (Lipinski definition) is 5. The number of benzene rings is 2. The molecule has 1 aromatic heterocycles. The van der Waals surface area contributed by atoms with Gasteiger partial charge in [-0.2, -0.15) is 0 Å². The van der Waals surface area contributed by atoms with Crippen molar-refractivity contribution in [1.82, 2.24) is 4.98 Å². The van der Waals surface area contributed by atoms with Crippen molar-refractivity contribution in [2.24, 2.45) is 0 Å². The van der Waals surface area contributed by atoms with Gasteiger partial charge < -0.3 is 10.1 Å². The van der Waals surface area contributed by atoms with Crippen molar-refractivity contribution in [3.63, 3.8) is 0 Å². The first-order valence-electron chi connectivity index (χ1n) is 8.04. The Hall–Kier alpha value is -2.90. The largest absolute Gasteiger partial charge is 0.444 e. The zero-order valence-corrected chi connectivity index (χ0v) is 15.7. The zero-order chi connectivity index (χ0) is 19.1. The van der Waals surface area contributed by atoms with Crippen LogP contribution in [0.3, 0.4) is 0 Å². The highest BCUT2D eigenvalue weighted by Gasteiger charge is 2.08. The third-order valence-corrected chi connectivity index (χ3v) is 4.46. The van der Waals surface area contributed by atoms with E-state index in [9.17, 15) is 9.59 Å². The summed E-state index contributed by atoms with van der Waals surface area (Å²) in [5.41, 5.74) is 3.58. The standard InChI is InChI=1S/C19H16ClN3O3S/c20-14-4-1-3-13(7-14)8-18(24)22-15-5-2-6-16(9-15)23-19(25)26-11-17-10-21-12-27-17/h1-7,9-10,12H,8,11H2,(H,22,24)(H,23,25). The van der Waals surface area contributed by atoms with E-state index in [1.165, 1.54) is 11.3 Å². The second-order valence-electron chi connectivity index (χ2n) is 5.60. The van der Waals surface area contributed by atoms with Gasteiger partial charge in [0, 0.05) is 22.6 Å². The molecule has 2 amide bonds. The maximum Gasteiger partial charge on any atom is 0.411 e. The Bertz CT molecular complexity index is 931. The van der Waals surface area contributed by atoms with Gasteiger partial charge in [0.15, 0.2) is 0 Å². The van der Waals surface area contributed by atoms with Gasteiger partial charge in [-0.1, -0.05) is 29.8 Å². The number of thiazole rings is 1. The fourth-order valence-corrected chi connectivity index (χ4v) is 3.03. The quantitative estimate of drug-likeness (QED) is 0.625. The van der Waals surface area contributed by atoms with Crippen LogP contribution in [0.1, 0.15) is 10.4 Å². The third kappa shape index (κ3) is 6.09. The van der Waals surface area contributed by atoms with Crippen LogP contribution < -0.4 is 10.6 Å². The Kier molecular flexibility index (Phi) is 6.40. The zero-order valence-electron chi connectivity index (χ0n) is 14.1. The predicted octanol–water partition coefficient (Wildman–Crippen LogP) is 4.73. The number of anilines is 2. The van der Waals surface area contributed by atoms with Crippen molar-refractivity contribution < 1.29 is 14.3 Å². The van der Waals surface area contributed by atoms with Crippen LogP contribution in [0.5, 0.6) is 0 Å². The molecule has 27 heavy (non-hydrogen) atoms. The molecule has 3 aromatic rings. The van der Waals surface area contributed by atoms with Crippen LogP contribution in [0.4, 0.5) is 16.2 Å². The van der Waals surface area contributed by atoms with Crippen molar-refractivity contribution in [3.05, 3.63) is 75.7 Å². The molecule has 0 bridgehead atoms. The van der Waals surface area contributed by atoms with E-state index in [1.54, 1.807) is 54.2 Å². The Morgan fingerprint density at radius 2 is 1.85 bits per heavy atom. The number of ether oxygens (including phenoxy) is 1. The van der Waals surface area contributed by atoms with Gasteiger partial charge in [0.05, 0.1) is 16.8 Å². The van der Waals surface area contributed by atoms with Crippen LogP contribution in [0.2, 0.25) is 5.02 Å². The second kappa shape index (κ2) is 9.16. The molecule has 0 unspecified atom stereocenters. The summed E-state index contributed by atoms with van der Waals surface area (Å²) in [5, 5.41) is 6.01. The molecule has 0 spiro atoms. The van der Waals surface area contributed by atoms with E-state index < -0.39 is 6.09 Å². The molecule has 0 aliphatic heterocycles. The number of hydrogen-bond donors (Lipinski definition) is 2. The van der Waals surface area contributed by atoms with Gasteiger partial charge in [-0.15, -0.1) is 11.3 Å². The number of aromatic nitrogens is 1. The van der Waals surface area contributed by atoms with Crippen LogP contribution in [-0.4, -0.2) is 17.0 Å². The lowest BCUT2D eigenvalue weighted by molar-refractivity contribution is -0.115. The van der Waals surface area contributed by atoms with Crippen LogP contribution in [0.25, 0.3) is 0 Å². The van der Waals surface area contributed by atoms with Crippen molar-refractivity contribution in [2.45, 2.75) is 13.0 Å². The normalized spacial score (nSPS) is 10.3. The summed E-state index contributed by atoms with van der Waals surface area (Å²) in [4.78, 5) is 28.8. The first-order valence-corrected chi connectivity index (χ1v) is 9.30. The number of nitrogens with one attached hydrogen (secondary N) is 2. The molecular weight excluding hydrogens is 386 g/mol. The highest BCUT2D eigenvalue weighted by molar-refractivity contribution is 7.09. The molecule has 138 valence electrons. The average Bonchev–Trinajstić information content (AvgIpc) is 3.14. The van der Waals surface area contributed by atoms with E-state index >= 15 is 0 Å². The molecule has 2 N–H and O–H groups in total. The topological polar surface area (TPSA) is 80.3 Å². The molecule has 0 atom stereocenters. The van der Waals surface area contributed by atoms with E-state index in [-0.39, 0.29) is 18.9 Å². The Morgan fingerprint density at radius 1 is 1.07 bits per heavy atom. The average molecular weight is 402 g/mol. The molecular formula is C19H16ClN3O3S. The summed E-state index contributed by atoms with van der Waals surface area (Å²) < 4.78 is 5.12. The van der Waals surface area contributed by atoms with Crippen molar-refractivity contribution in [1.29, 1.82) is 0 Å². The fraction of sp³-hybridized carbons (Fsp3) is 0.105. The van der Waals surface area contributed by atoms with Gasteiger partial charge >= 0.3 is 6.09 Å². The number of amides is 2. The summed E-state index contributed by atoms with van der Waals surface area (Å²) in [7, 11) is 0. The summed E-state index contributed by atoms with van der Waals surface area (Å²) in [5.74, 6) is -0.179. The smallest absolute Gasteiger partial charge is 0.411 e. The van der Waals surface area contributed by atoms with E-state index in [0.717, 1.165) is 10.4 Å². The van der Waals surface area contributed by atoms with Crippen LogP contribution in [0.15, 0.2) is 60.2 Å². The first kappa shape index (κ1) is 18.9. The van der Waals surface area contributed by atoms with Crippen LogP contribution in [0, 0.1) is 0 Å². The molecule has 2 aromatic carbocycles. The maximum atomic E-state index is 12.2. The molecule has 0 aliphatic carbocycles. The van der Waals surface area contributed by atoms with Crippen molar-refractivity contribution in [2.75, 3.05) is 10.6 Å². The van der Waals surface area contributed by atoms with Crippen LogP contribution in [-0.2, 0) is 22.6 Å². The number of carbonyl (C=O) groups excluding carboxylic acids is 2. The van der Waals surface area contributed by atoms with Gasteiger partial charge in [0.25, 0.3) is 0 Å². The Morgan fingerprint density at radius 3 is 2.59 bits per heavy atom. The molecule has 0 aliphatic rings. The lowest BCUT2D eigenvalue weighted by Gasteiger charge is -2.09. The van der Waals surface area contributed by atoms with E-state index in [1.807, 2.05) is 6.07 Å². The van der Waals surface area contributed by atoms with E-state index in [4.69, 9.17) is 16.3 Å². The lowest BCUT2D eigenvalue weighted by Crippen LogP contribution is -2.15. The highest BCUT2D eigenvalue weighted by atomic mass is 35.5. The predicted molar refractivity (Wildman–Crippen MR) is 106 cm³/mol. The van der Waals surface area contributed by atoms with Gasteiger partial charge in [-0.3, -0.25) is 15.1 Å². The summed E-state index contributed by atoms with van der Waals surface area (Å²) in [6, 6.07) is 14.0. The first-order chi connectivity index (χ1) is 13.1. The maximum absolute atomic E-state index is 12.2. The Balaban J connectivity index is 1.53. The number of carbonyl (C=O) groups is 2. The minimum Gasteiger partial charge on any atom is -0.444 e. The van der Waals surface area contributed by atoms with Gasteiger partial charge in [0.1, 0.15) is 6.61 Å². The van der Waals surface area contributed by atoms with E-state index in [0.29, 0.717) is 16.4 Å². The minimum atomic E-state index is -0.578. The summed E-state index contributed by atoms with van der Waals surface area (Å²) >= 11 is 7.34. The van der Waals surface area contributed by atoms with Crippen LogP contribution >= 0.6 is 22.9 Å². The number of halogens is 1. The van der Waals surface area contributed by atoms with Gasteiger partial charge in [-0.05, 0) is 35.9 Å². The third-order valence-electron chi connectivity index (χ3n) is 3.48. The lowest BCUT2D eigenvalue weighted by atomic mass is 10.1. The monoisotopic (exact) mass is 401 g/mol. The van der Waals surface area contributed by atoms with Crippen molar-refractivity contribution in [3.8, 4) is 0 Å². The summed E-state index contributed by atoms with van der Waals surface area (Å²) in [6.07, 6.45) is 1.27. The van der Waals surface area contributed by atoms with Crippen molar-refractivity contribution >= 4 is 46.3 Å². The minimum absolute atomic E-state index is 0.159. The van der Waals surface area contributed by atoms with Gasteiger partial charge in [-0.25, -0.2) is 4.79 Å². The fourth-order valence-electron chi connectivity index (χ4n) is 2.32. The SMILES string of the molecule is O=C(Cc1cccc(Cl)c1)Nc1cccc(NC(=O)OCc2cncs2)c1. The molecule has 0 fully saturated rings. The molecule has 1 heterocycles. The second-order valence-corrected chi connectivity index (χ2v) is 7.01. The molecule has 3 rings (SSSR count). The van der Waals surface area contributed by atoms with Gasteiger partial charge in [0.2, 0.25) is 5.91 Å². The molecule has 0 radical (unpaired) electrons. The molecule has 8 heteroatoms. The molecule has 0 saturated heterocycles. The summed E-state index contributed by atoms with van der Waals surface area (Å²) in [6.45, 7) is 0.159. The number of nitrogens with zero attached hydrogens (tertiary/aromatic N) is 1. The molecule has 6 nitrogen and oxygen atoms in total. The number of rotatable bonds is 6. The highest BCUT2D eigenvalue weighted by Crippen LogP contribution is 2.17.